The molecule has 2 aromatic carbocycles. The normalized spacial score (nSPS) is 10.1. The van der Waals surface area contributed by atoms with Crippen LogP contribution in [0.4, 0.5) is 0 Å². The molecular formula is C18H18BrNO6. The van der Waals surface area contributed by atoms with Gasteiger partial charge in [0.2, 0.25) is 5.75 Å². The summed E-state index contributed by atoms with van der Waals surface area (Å²) in [7, 11) is 2.81. The maximum atomic E-state index is 12.4. The van der Waals surface area contributed by atoms with Crippen molar-refractivity contribution >= 4 is 27.8 Å². The Balaban J connectivity index is 2.19. The van der Waals surface area contributed by atoms with Crippen LogP contribution in [0.5, 0.6) is 17.2 Å². The van der Waals surface area contributed by atoms with Crippen molar-refractivity contribution in [3.8, 4) is 17.2 Å². The van der Waals surface area contributed by atoms with Gasteiger partial charge in [0.05, 0.1) is 19.8 Å². The average Bonchev–Trinajstić information content (AvgIpc) is 2.63. The molecule has 0 saturated carbocycles. The topological polar surface area (TPSA) is 97.1 Å². The largest absolute Gasteiger partial charge is 0.493 e. The van der Waals surface area contributed by atoms with Gasteiger partial charge in [0, 0.05) is 4.47 Å². The summed E-state index contributed by atoms with van der Waals surface area (Å²) in [6.45, 7) is -0.234. The Hall–Kier alpha value is -2.74. The Morgan fingerprint density at radius 2 is 1.73 bits per heavy atom. The SMILES string of the molecule is COc1cc(C(=O)OCc2cccc(Br)c2)cc(OC)c1OCC(N)=O. The summed E-state index contributed by atoms with van der Waals surface area (Å²) in [6, 6.07) is 10.3. The number of ether oxygens (including phenoxy) is 4. The predicted molar refractivity (Wildman–Crippen MR) is 97.5 cm³/mol. The van der Waals surface area contributed by atoms with E-state index in [1.165, 1.54) is 26.4 Å². The van der Waals surface area contributed by atoms with Gasteiger partial charge in [-0.25, -0.2) is 4.79 Å². The summed E-state index contributed by atoms with van der Waals surface area (Å²) in [5.74, 6) is -0.577. The molecule has 8 heteroatoms. The fraction of sp³-hybridized carbons (Fsp3) is 0.222. The van der Waals surface area contributed by atoms with Crippen molar-refractivity contribution in [1.82, 2.24) is 0 Å². The van der Waals surface area contributed by atoms with Crippen molar-refractivity contribution in [2.45, 2.75) is 6.61 Å². The molecule has 0 atom stereocenters. The number of benzene rings is 2. The molecule has 2 rings (SSSR count). The summed E-state index contributed by atoms with van der Waals surface area (Å²) >= 11 is 3.36. The van der Waals surface area contributed by atoms with Crippen LogP contribution in [0.2, 0.25) is 0 Å². The van der Waals surface area contributed by atoms with E-state index >= 15 is 0 Å². The first-order valence-corrected chi connectivity index (χ1v) is 8.32. The highest BCUT2D eigenvalue weighted by molar-refractivity contribution is 9.10. The maximum Gasteiger partial charge on any atom is 0.338 e. The molecule has 0 spiro atoms. The Bertz CT molecular complexity index is 783. The van der Waals surface area contributed by atoms with Crippen molar-refractivity contribution in [1.29, 1.82) is 0 Å². The fourth-order valence-corrected chi connectivity index (χ4v) is 2.59. The molecule has 0 unspecified atom stereocenters. The summed E-state index contributed by atoms with van der Waals surface area (Å²) in [5.41, 5.74) is 6.15. The third kappa shape index (κ3) is 5.13. The Kier molecular flexibility index (Phi) is 6.85. The minimum atomic E-state index is -0.647. The Morgan fingerprint density at radius 1 is 1.08 bits per heavy atom. The molecule has 0 aromatic heterocycles. The van der Waals surface area contributed by atoms with Gasteiger partial charge in [-0.2, -0.15) is 0 Å². The third-order valence-corrected chi connectivity index (χ3v) is 3.81. The van der Waals surface area contributed by atoms with Crippen LogP contribution in [0, 0.1) is 0 Å². The highest BCUT2D eigenvalue weighted by Crippen LogP contribution is 2.38. The maximum absolute atomic E-state index is 12.4. The smallest absolute Gasteiger partial charge is 0.338 e. The van der Waals surface area contributed by atoms with Gasteiger partial charge in [-0.05, 0) is 29.8 Å². The standard InChI is InChI=1S/C18H18BrNO6/c1-23-14-7-12(8-15(24-2)17(14)25-10-16(20)21)18(22)26-9-11-4-3-5-13(19)6-11/h3-8H,9-10H2,1-2H3,(H2,20,21). The quantitative estimate of drug-likeness (QED) is 0.655. The van der Waals surface area contributed by atoms with Crippen LogP contribution in [0.1, 0.15) is 15.9 Å². The van der Waals surface area contributed by atoms with Gasteiger partial charge in [-0.3, -0.25) is 4.79 Å². The molecule has 7 nitrogen and oxygen atoms in total. The zero-order valence-corrected chi connectivity index (χ0v) is 15.9. The van der Waals surface area contributed by atoms with Crippen molar-refractivity contribution < 1.29 is 28.5 Å². The monoisotopic (exact) mass is 423 g/mol. The second kappa shape index (κ2) is 9.10. The van der Waals surface area contributed by atoms with Gasteiger partial charge >= 0.3 is 5.97 Å². The number of amides is 1. The van der Waals surface area contributed by atoms with Gasteiger partial charge in [-0.1, -0.05) is 28.1 Å². The predicted octanol–water partition coefficient (Wildman–Crippen LogP) is 2.69. The summed E-state index contributed by atoms with van der Waals surface area (Å²) in [5, 5.41) is 0. The lowest BCUT2D eigenvalue weighted by Crippen LogP contribution is -2.20. The van der Waals surface area contributed by atoms with Gasteiger partial charge in [0.25, 0.3) is 5.91 Å². The second-order valence-electron chi connectivity index (χ2n) is 5.17. The zero-order chi connectivity index (χ0) is 19.1. The number of carbonyl (C=O) groups is 2. The molecule has 0 aliphatic heterocycles. The van der Waals surface area contributed by atoms with E-state index in [1.807, 2.05) is 24.3 Å². The number of hydrogen-bond acceptors (Lipinski definition) is 6. The van der Waals surface area contributed by atoms with E-state index in [9.17, 15) is 9.59 Å². The lowest BCUT2D eigenvalue weighted by atomic mass is 10.2. The molecule has 26 heavy (non-hydrogen) atoms. The van der Waals surface area contributed by atoms with E-state index in [2.05, 4.69) is 15.9 Å². The van der Waals surface area contributed by atoms with E-state index in [0.29, 0.717) is 0 Å². The number of carbonyl (C=O) groups excluding carboxylic acids is 2. The molecule has 2 N–H and O–H groups in total. The third-order valence-electron chi connectivity index (χ3n) is 3.31. The molecular weight excluding hydrogens is 406 g/mol. The number of rotatable bonds is 8. The summed E-state index contributed by atoms with van der Waals surface area (Å²) in [4.78, 5) is 23.3. The second-order valence-corrected chi connectivity index (χ2v) is 6.09. The summed E-state index contributed by atoms with van der Waals surface area (Å²) < 4.78 is 22.0. The van der Waals surface area contributed by atoms with Crippen molar-refractivity contribution in [2.75, 3.05) is 20.8 Å². The summed E-state index contributed by atoms with van der Waals surface area (Å²) in [6.07, 6.45) is 0. The molecule has 0 bridgehead atoms. The van der Waals surface area contributed by atoms with Crippen LogP contribution in [0.3, 0.4) is 0 Å². The van der Waals surface area contributed by atoms with Crippen LogP contribution < -0.4 is 19.9 Å². The number of methoxy groups -OCH3 is 2. The average molecular weight is 424 g/mol. The minimum Gasteiger partial charge on any atom is -0.493 e. The van der Waals surface area contributed by atoms with E-state index < -0.39 is 11.9 Å². The molecule has 1 amide bonds. The van der Waals surface area contributed by atoms with Gasteiger partial charge in [0.15, 0.2) is 18.1 Å². The van der Waals surface area contributed by atoms with Gasteiger partial charge in [0.1, 0.15) is 6.61 Å². The van der Waals surface area contributed by atoms with Gasteiger partial charge < -0.3 is 24.7 Å². The molecule has 0 radical (unpaired) electrons. The Labute approximate surface area is 159 Å². The minimum absolute atomic E-state index is 0.114. The zero-order valence-electron chi connectivity index (χ0n) is 14.3. The first-order valence-electron chi connectivity index (χ1n) is 7.53. The molecule has 0 aliphatic rings. The number of halogens is 1. The number of hydrogen-bond donors (Lipinski definition) is 1. The van der Waals surface area contributed by atoms with Crippen molar-refractivity contribution in [3.05, 3.63) is 52.0 Å². The van der Waals surface area contributed by atoms with E-state index in [0.717, 1.165) is 10.0 Å². The van der Waals surface area contributed by atoms with Crippen LogP contribution in [0.25, 0.3) is 0 Å². The van der Waals surface area contributed by atoms with E-state index in [4.69, 9.17) is 24.7 Å². The van der Waals surface area contributed by atoms with Crippen LogP contribution in [-0.4, -0.2) is 32.7 Å². The highest BCUT2D eigenvalue weighted by Gasteiger charge is 2.19. The molecule has 2 aromatic rings. The molecule has 0 aliphatic carbocycles. The number of nitrogens with two attached hydrogens (primary N) is 1. The van der Waals surface area contributed by atoms with Crippen LogP contribution in [-0.2, 0) is 16.1 Å². The number of primary amides is 1. The van der Waals surface area contributed by atoms with Crippen LogP contribution in [0.15, 0.2) is 40.9 Å². The fourth-order valence-electron chi connectivity index (χ4n) is 2.14. The lowest BCUT2D eigenvalue weighted by molar-refractivity contribution is -0.120. The molecule has 0 fully saturated rings. The van der Waals surface area contributed by atoms with Crippen LogP contribution >= 0.6 is 15.9 Å². The first-order chi connectivity index (χ1) is 12.4. The van der Waals surface area contributed by atoms with Crippen molar-refractivity contribution in [3.63, 3.8) is 0 Å². The van der Waals surface area contributed by atoms with E-state index in [-0.39, 0.29) is 36.0 Å². The first kappa shape index (κ1) is 19.6. The molecule has 138 valence electrons. The molecule has 0 saturated heterocycles. The lowest BCUT2D eigenvalue weighted by Gasteiger charge is -2.15. The number of esters is 1. The van der Waals surface area contributed by atoms with Gasteiger partial charge in [-0.15, -0.1) is 0 Å². The van der Waals surface area contributed by atoms with E-state index in [1.54, 1.807) is 0 Å². The van der Waals surface area contributed by atoms with Crippen molar-refractivity contribution in [2.24, 2.45) is 5.73 Å². The Morgan fingerprint density at radius 3 is 2.27 bits per heavy atom. The highest BCUT2D eigenvalue weighted by atomic mass is 79.9. The molecule has 0 heterocycles.